The highest BCUT2D eigenvalue weighted by atomic mass is 16.1. The molecular formula is C30H51NO. The lowest BCUT2D eigenvalue weighted by molar-refractivity contribution is -0.114. The molecule has 4 aliphatic carbocycles. The summed E-state index contributed by atoms with van der Waals surface area (Å²) in [5, 5.41) is 0. The van der Waals surface area contributed by atoms with Gasteiger partial charge in [0.1, 0.15) is 5.78 Å². The molecule has 0 saturated heterocycles. The molecule has 0 aliphatic heterocycles. The number of rotatable bonds is 3. The zero-order valence-electron chi connectivity index (χ0n) is 21.9. The molecule has 2 nitrogen and oxygen atoms in total. The van der Waals surface area contributed by atoms with Crippen molar-refractivity contribution in [1.82, 2.24) is 0 Å². The quantitative estimate of drug-likeness (QED) is 0.447. The Hall–Kier alpha value is -1.31. The van der Waals surface area contributed by atoms with E-state index in [9.17, 15) is 4.79 Å². The van der Waals surface area contributed by atoms with Crippen LogP contribution in [-0.4, -0.2) is 5.78 Å². The Morgan fingerprint density at radius 3 is 2.22 bits per heavy atom. The second-order valence-electron chi connectivity index (χ2n) is 11.8. The normalized spacial score (nSPS) is 37.3. The molecule has 6 atom stereocenters. The summed E-state index contributed by atoms with van der Waals surface area (Å²) in [6.07, 6.45) is 16.7. The maximum Gasteiger partial charge on any atom is 0.126 e. The standard InChI is InChI=1S/C20H32.C7H13N.C3H6O/c1-14-7-10-17-16-9-8-15-6-4-5-12-20(15,3)18(16)11-13-19(14,17)2;1-4-6(2)5-7(3)8;1-3(2)4/h15-18H,1,4-13H2,2-3H3;2-5,8H2,1H3;1-2H3. The Morgan fingerprint density at radius 2 is 1.66 bits per heavy atom. The SMILES string of the molecule is C=C(N)CC(=C)CC.C=C1CCC2C3CCC4CCCCC4(C)C3CCC12C.CC(C)=O. The number of ketones is 1. The highest BCUT2D eigenvalue weighted by molar-refractivity contribution is 5.72. The van der Waals surface area contributed by atoms with Crippen LogP contribution >= 0.6 is 0 Å². The Morgan fingerprint density at radius 1 is 1.00 bits per heavy atom. The van der Waals surface area contributed by atoms with E-state index in [0.717, 1.165) is 42.1 Å². The summed E-state index contributed by atoms with van der Waals surface area (Å²) in [5.41, 5.74) is 9.98. The van der Waals surface area contributed by atoms with Crippen molar-refractivity contribution in [2.75, 3.05) is 0 Å². The van der Waals surface area contributed by atoms with Gasteiger partial charge in [-0.2, -0.15) is 0 Å². The molecular weight excluding hydrogens is 390 g/mol. The number of Topliss-reactive ketones (excluding diaryl/α,β-unsaturated/α-hetero) is 1. The van der Waals surface area contributed by atoms with Gasteiger partial charge in [0.25, 0.3) is 0 Å². The minimum Gasteiger partial charge on any atom is -0.402 e. The van der Waals surface area contributed by atoms with Crippen molar-refractivity contribution in [3.8, 4) is 0 Å². The third kappa shape index (κ3) is 5.97. The molecule has 0 aromatic heterocycles. The van der Waals surface area contributed by atoms with E-state index in [-0.39, 0.29) is 5.78 Å². The van der Waals surface area contributed by atoms with Gasteiger partial charge in [0.15, 0.2) is 0 Å². The second-order valence-corrected chi connectivity index (χ2v) is 11.8. The molecule has 0 heterocycles. The van der Waals surface area contributed by atoms with E-state index in [0.29, 0.717) is 16.5 Å². The lowest BCUT2D eigenvalue weighted by Crippen LogP contribution is -2.51. The van der Waals surface area contributed by atoms with Crippen LogP contribution in [-0.2, 0) is 4.79 Å². The highest BCUT2D eigenvalue weighted by Gasteiger charge is 2.57. The molecule has 0 bridgehead atoms. The monoisotopic (exact) mass is 441 g/mol. The average molecular weight is 442 g/mol. The number of carbonyl (C=O) groups is 1. The number of hydrogen-bond donors (Lipinski definition) is 1. The van der Waals surface area contributed by atoms with Gasteiger partial charge >= 0.3 is 0 Å². The molecule has 4 rings (SSSR count). The maximum atomic E-state index is 9.44. The second kappa shape index (κ2) is 11.2. The zero-order valence-corrected chi connectivity index (χ0v) is 21.9. The van der Waals surface area contributed by atoms with Gasteiger partial charge in [-0.3, -0.25) is 0 Å². The smallest absolute Gasteiger partial charge is 0.126 e. The molecule has 0 spiro atoms. The first-order valence-electron chi connectivity index (χ1n) is 13.2. The largest absolute Gasteiger partial charge is 0.402 e. The van der Waals surface area contributed by atoms with Crippen molar-refractivity contribution in [2.24, 2.45) is 40.2 Å². The minimum absolute atomic E-state index is 0.167. The van der Waals surface area contributed by atoms with Crippen molar-refractivity contribution in [3.63, 3.8) is 0 Å². The third-order valence-corrected chi connectivity index (χ3v) is 9.51. The van der Waals surface area contributed by atoms with Crippen LogP contribution < -0.4 is 5.73 Å². The van der Waals surface area contributed by atoms with E-state index in [1.165, 1.54) is 71.6 Å². The van der Waals surface area contributed by atoms with Crippen LogP contribution in [0, 0.1) is 34.5 Å². The van der Waals surface area contributed by atoms with Crippen molar-refractivity contribution in [2.45, 2.75) is 112 Å². The zero-order chi connectivity index (χ0) is 24.1. The van der Waals surface area contributed by atoms with Crippen molar-refractivity contribution >= 4 is 5.78 Å². The van der Waals surface area contributed by atoms with Crippen LogP contribution in [0.4, 0.5) is 0 Å². The van der Waals surface area contributed by atoms with Crippen molar-refractivity contribution in [1.29, 1.82) is 0 Å². The van der Waals surface area contributed by atoms with Gasteiger partial charge in [0, 0.05) is 12.1 Å². The van der Waals surface area contributed by atoms with Crippen LogP contribution in [0.5, 0.6) is 0 Å². The van der Waals surface area contributed by atoms with Gasteiger partial charge < -0.3 is 10.5 Å². The van der Waals surface area contributed by atoms with E-state index < -0.39 is 0 Å². The minimum atomic E-state index is 0.167. The fourth-order valence-electron chi connectivity index (χ4n) is 7.65. The molecule has 4 fully saturated rings. The van der Waals surface area contributed by atoms with Crippen LogP contribution in [0.2, 0.25) is 0 Å². The summed E-state index contributed by atoms with van der Waals surface area (Å²) in [6, 6.07) is 0. The molecule has 0 aromatic carbocycles. The Bertz CT molecular complexity index is 702. The van der Waals surface area contributed by atoms with E-state index in [1.807, 2.05) is 0 Å². The molecule has 2 N–H and O–H groups in total. The Kier molecular flexibility index (Phi) is 9.44. The number of carbonyl (C=O) groups excluding carboxylic acids is 1. The molecule has 182 valence electrons. The van der Waals surface area contributed by atoms with E-state index >= 15 is 0 Å². The molecule has 2 heteroatoms. The average Bonchev–Trinajstić information content (AvgIpc) is 3.02. The first kappa shape index (κ1) is 26.9. The molecule has 0 aromatic rings. The first-order chi connectivity index (χ1) is 15.0. The maximum absolute atomic E-state index is 9.44. The molecule has 0 radical (unpaired) electrons. The summed E-state index contributed by atoms with van der Waals surface area (Å²) < 4.78 is 0. The number of fused-ring (bicyclic) bond motifs is 5. The summed E-state index contributed by atoms with van der Waals surface area (Å²) >= 11 is 0. The predicted octanol–water partition coefficient (Wildman–Crippen LogP) is 8.39. The van der Waals surface area contributed by atoms with Gasteiger partial charge in [0.05, 0.1) is 0 Å². The molecule has 6 unspecified atom stereocenters. The predicted molar refractivity (Wildman–Crippen MR) is 139 cm³/mol. The van der Waals surface area contributed by atoms with E-state index in [1.54, 1.807) is 12.0 Å². The van der Waals surface area contributed by atoms with Gasteiger partial charge in [-0.15, -0.1) is 0 Å². The summed E-state index contributed by atoms with van der Waals surface area (Å²) in [7, 11) is 0. The summed E-state index contributed by atoms with van der Waals surface area (Å²) in [5.74, 6) is 4.29. The number of hydrogen-bond acceptors (Lipinski definition) is 2. The number of nitrogens with two attached hydrogens (primary N) is 1. The molecule has 0 amide bonds. The topological polar surface area (TPSA) is 43.1 Å². The van der Waals surface area contributed by atoms with Crippen LogP contribution in [0.25, 0.3) is 0 Å². The van der Waals surface area contributed by atoms with Crippen molar-refractivity contribution in [3.05, 3.63) is 36.6 Å². The summed E-state index contributed by atoms with van der Waals surface area (Å²) in [4.78, 5) is 9.44. The summed E-state index contributed by atoms with van der Waals surface area (Å²) in [6.45, 7) is 22.1. The fraction of sp³-hybridized carbons (Fsp3) is 0.767. The van der Waals surface area contributed by atoms with Crippen LogP contribution in [0.15, 0.2) is 36.6 Å². The fourth-order valence-corrected chi connectivity index (χ4v) is 7.65. The van der Waals surface area contributed by atoms with Gasteiger partial charge in [-0.05, 0) is 106 Å². The Labute approximate surface area is 199 Å². The number of allylic oxidation sites excluding steroid dienone is 2. The van der Waals surface area contributed by atoms with E-state index in [2.05, 4.69) is 40.5 Å². The lowest BCUT2D eigenvalue weighted by Gasteiger charge is -2.60. The first-order valence-corrected chi connectivity index (χ1v) is 13.2. The molecule has 4 saturated carbocycles. The third-order valence-electron chi connectivity index (χ3n) is 9.51. The van der Waals surface area contributed by atoms with Crippen LogP contribution in [0.3, 0.4) is 0 Å². The molecule has 4 aliphatic rings. The molecule has 32 heavy (non-hydrogen) atoms. The highest BCUT2D eigenvalue weighted by Crippen LogP contribution is 2.67. The van der Waals surface area contributed by atoms with E-state index in [4.69, 9.17) is 5.73 Å². The van der Waals surface area contributed by atoms with Gasteiger partial charge in [-0.1, -0.05) is 64.5 Å². The Balaban J connectivity index is 0.000000255. The van der Waals surface area contributed by atoms with Crippen molar-refractivity contribution < 1.29 is 4.79 Å². The lowest BCUT2D eigenvalue weighted by atomic mass is 9.45. The van der Waals surface area contributed by atoms with Gasteiger partial charge in [0.2, 0.25) is 0 Å². The van der Waals surface area contributed by atoms with Gasteiger partial charge in [-0.25, -0.2) is 0 Å². The van der Waals surface area contributed by atoms with Crippen LogP contribution in [0.1, 0.15) is 112 Å².